The highest BCUT2D eigenvalue weighted by atomic mass is 16.5. The topological polar surface area (TPSA) is 21.3 Å². The van der Waals surface area contributed by atoms with Gasteiger partial charge in [-0.2, -0.15) is 0 Å². The van der Waals surface area contributed by atoms with Gasteiger partial charge in [0, 0.05) is 13.1 Å². The molecule has 100 valence electrons. The molecule has 0 aromatic rings. The molecule has 0 radical (unpaired) electrons. The first-order chi connectivity index (χ1) is 8.15. The highest BCUT2D eigenvalue weighted by molar-refractivity contribution is 4.92. The molecule has 1 heterocycles. The van der Waals surface area contributed by atoms with Gasteiger partial charge in [0.15, 0.2) is 0 Å². The van der Waals surface area contributed by atoms with E-state index in [1.165, 1.54) is 32.1 Å². The highest BCUT2D eigenvalue weighted by Crippen LogP contribution is 2.37. The number of nitrogens with one attached hydrogen (secondary N) is 1. The van der Waals surface area contributed by atoms with Crippen molar-refractivity contribution in [1.82, 2.24) is 5.32 Å². The summed E-state index contributed by atoms with van der Waals surface area (Å²) in [6, 6.07) is 0. The maximum Gasteiger partial charge on any atom is 0.0810 e. The largest absolute Gasteiger partial charge is 0.369 e. The minimum absolute atomic E-state index is 0.169. The number of hydrogen-bond acceptors (Lipinski definition) is 2. The molecule has 1 aliphatic heterocycles. The Hall–Kier alpha value is -0.0800. The van der Waals surface area contributed by atoms with Gasteiger partial charge in [-0.1, -0.05) is 33.6 Å². The smallest absolute Gasteiger partial charge is 0.0810 e. The molecule has 2 nitrogen and oxygen atoms in total. The summed E-state index contributed by atoms with van der Waals surface area (Å²) in [6.07, 6.45) is 8.22. The molecule has 3 atom stereocenters. The van der Waals surface area contributed by atoms with Gasteiger partial charge in [0.1, 0.15) is 0 Å². The van der Waals surface area contributed by atoms with Gasteiger partial charge < -0.3 is 10.1 Å². The SMILES string of the molecule is CCC1CNCC2(CCCC(C(C)C)CC2)O1. The maximum atomic E-state index is 6.41. The summed E-state index contributed by atoms with van der Waals surface area (Å²) in [5.74, 6) is 1.75. The van der Waals surface area contributed by atoms with Crippen molar-refractivity contribution >= 4 is 0 Å². The Morgan fingerprint density at radius 3 is 2.82 bits per heavy atom. The Morgan fingerprint density at radius 1 is 1.29 bits per heavy atom. The Balaban J connectivity index is 1.96. The Morgan fingerprint density at radius 2 is 2.12 bits per heavy atom. The summed E-state index contributed by atoms with van der Waals surface area (Å²) in [5, 5.41) is 3.59. The predicted octanol–water partition coefficient (Wildman–Crippen LogP) is 3.36. The van der Waals surface area contributed by atoms with Crippen LogP contribution in [0.2, 0.25) is 0 Å². The van der Waals surface area contributed by atoms with Crippen LogP contribution in [0.1, 0.15) is 59.3 Å². The van der Waals surface area contributed by atoms with Gasteiger partial charge >= 0.3 is 0 Å². The first kappa shape index (κ1) is 13.4. The van der Waals surface area contributed by atoms with E-state index in [1.807, 2.05) is 0 Å². The molecule has 3 unspecified atom stereocenters. The Labute approximate surface area is 107 Å². The summed E-state index contributed by atoms with van der Waals surface area (Å²) < 4.78 is 6.41. The average Bonchev–Trinajstić information content (AvgIpc) is 2.52. The van der Waals surface area contributed by atoms with Gasteiger partial charge in [-0.3, -0.25) is 0 Å². The van der Waals surface area contributed by atoms with Crippen molar-refractivity contribution in [3.63, 3.8) is 0 Å². The summed E-state index contributed by atoms with van der Waals surface area (Å²) in [5.41, 5.74) is 0.169. The molecule has 2 rings (SSSR count). The molecule has 17 heavy (non-hydrogen) atoms. The zero-order valence-electron chi connectivity index (χ0n) is 11.8. The van der Waals surface area contributed by atoms with Crippen LogP contribution < -0.4 is 5.32 Å². The molecule has 0 bridgehead atoms. The zero-order valence-corrected chi connectivity index (χ0v) is 11.8. The van der Waals surface area contributed by atoms with E-state index in [2.05, 4.69) is 26.1 Å². The molecular formula is C15H29NO. The molecular weight excluding hydrogens is 210 g/mol. The molecule has 0 amide bonds. The number of morpholine rings is 1. The lowest BCUT2D eigenvalue weighted by atomic mass is 9.87. The highest BCUT2D eigenvalue weighted by Gasteiger charge is 2.38. The second-order valence-corrected chi connectivity index (χ2v) is 6.40. The van der Waals surface area contributed by atoms with Gasteiger partial charge in [-0.05, 0) is 37.5 Å². The molecule has 1 saturated carbocycles. The van der Waals surface area contributed by atoms with E-state index < -0.39 is 0 Å². The van der Waals surface area contributed by atoms with Crippen LogP contribution in [0.4, 0.5) is 0 Å². The van der Waals surface area contributed by atoms with Gasteiger partial charge in [0.25, 0.3) is 0 Å². The lowest BCUT2D eigenvalue weighted by Crippen LogP contribution is -2.53. The number of ether oxygens (including phenoxy) is 1. The molecule has 1 N–H and O–H groups in total. The summed E-state index contributed by atoms with van der Waals surface area (Å²) in [4.78, 5) is 0. The molecule has 1 aliphatic carbocycles. The molecule has 1 spiro atoms. The van der Waals surface area contributed by atoms with Crippen LogP contribution in [0.5, 0.6) is 0 Å². The number of hydrogen-bond donors (Lipinski definition) is 1. The van der Waals surface area contributed by atoms with Gasteiger partial charge in [-0.25, -0.2) is 0 Å². The summed E-state index contributed by atoms with van der Waals surface area (Å²) in [7, 11) is 0. The van der Waals surface area contributed by atoms with Crippen molar-refractivity contribution in [1.29, 1.82) is 0 Å². The van der Waals surface area contributed by atoms with Crippen LogP contribution in [0.15, 0.2) is 0 Å². The first-order valence-corrected chi connectivity index (χ1v) is 7.54. The van der Waals surface area contributed by atoms with Crippen molar-refractivity contribution in [2.24, 2.45) is 11.8 Å². The molecule has 0 aromatic heterocycles. The van der Waals surface area contributed by atoms with Crippen LogP contribution in [-0.2, 0) is 4.74 Å². The quantitative estimate of drug-likeness (QED) is 0.798. The van der Waals surface area contributed by atoms with E-state index in [4.69, 9.17) is 4.74 Å². The van der Waals surface area contributed by atoms with Crippen LogP contribution in [-0.4, -0.2) is 24.8 Å². The maximum absolute atomic E-state index is 6.41. The third-order valence-electron chi connectivity index (χ3n) is 4.81. The van der Waals surface area contributed by atoms with E-state index in [0.29, 0.717) is 6.10 Å². The summed E-state index contributed by atoms with van der Waals surface area (Å²) >= 11 is 0. The third-order valence-corrected chi connectivity index (χ3v) is 4.81. The molecule has 1 saturated heterocycles. The molecule has 2 heteroatoms. The fraction of sp³-hybridized carbons (Fsp3) is 1.00. The minimum Gasteiger partial charge on any atom is -0.369 e. The van der Waals surface area contributed by atoms with Crippen LogP contribution in [0.3, 0.4) is 0 Å². The van der Waals surface area contributed by atoms with E-state index in [9.17, 15) is 0 Å². The van der Waals surface area contributed by atoms with Crippen molar-refractivity contribution in [2.75, 3.05) is 13.1 Å². The van der Waals surface area contributed by atoms with Gasteiger partial charge in [-0.15, -0.1) is 0 Å². The van der Waals surface area contributed by atoms with Crippen LogP contribution in [0, 0.1) is 11.8 Å². The fourth-order valence-corrected chi connectivity index (χ4v) is 3.49. The lowest BCUT2D eigenvalue weighted by molar-refractivity contribution is -0.124. The van der Waals surface area contributed by atoms with Crippen molar-refractivity contribution in [2.45, 2.75) is 71.0 Å². The Kier molecular flexibility index (Phi) is 4.48. The second kappa shape index (κ2) is 5.71. The van der Waals surface area contributed by atoms with E-state index in [0.717, 1.165) is 31.3 Å². The first-order valence-electron chi connectivity index (χ1n) is 7.54. The van der Waals surface area contributed by atoms with Gasteiger partial charge in [0.2, 0.25) is 0 Å². The molecule has 2 fully saturated rings. The van der Waals surface area contributed by atoms with Crippen molar-refractivity contribution in [3.8, 4) is 0 Å². The Bertz CT molecular complexity index is 241. The van der Waals surface area contributed by atoms with E-state index in [-0.39, 0.29) is 5.60 Å². The third kappa shape index (κ3) is 3.23. The van der Waals surface area contributed by atoms with Crippen molar-refractivity contribution in [3.05, 3.63) is 0 Å². The van der Waals surface area contributed by atoms with E-state index in [1.54, 1.807) is 0 Å². The number of rotatable bonds is 2. The summed E-state index contributed by atoms with van der Waals surface area (Å²) in [6.45, 7) is 9.11. The zero-order chi connectivity index (χ0) is 12.3. The van der Waals surface area contributed by atoms with Crippen LogP contribution in [0.25, 0.3) is 0 Å². The fourth-order valence-electron chi connectivity index (χ4n) is 3.49. The van der Waals surface area contributed by atoms with Crippen LogP contribution >= 0.6 is 0 Å². The second-order valence-electron chi connectivity index (χ2n) is 6.40. The average molecular weight is 239 g/mol. The predicted molar refractivity (Wildman–Crippen MR) is 72.2 cm³/mol. The standard InChI is InChI=1S/C15H29NO/c1-4-14-10-16-11-15(17-14)8-5-6-13(7-9-15)12(2)3/h12-14,16H,4-11H2,1-3H3. The minimum atomic E-state index is 0.169. The molecule has 0 aromatic carbocycles. The normalized spacial score (nSPS) is 39.5. The monoisotopic (exact) mass is 239 g/mol. The molecule has 2 aliphatic rings. The van der Waals surface area contributed by atoms with Gasteiger partial charge in [0.05, 0.1) is 11.7 Å². The van der Waals surface area contributed by atoms with E-state index >= 15 is 0 Å². The lowest BCUT2D eigenvalue weighted by Gasteiger charge is -2.41. The van der Waals surface area contributed by atoms with Crippen molar-refractivity contribution < 1.29 is 4.74 Å².